The van der Waals surface area contributed by atoms with E-state index < -0.39 is 5.60 Å². The Morgan fingerprint density at radius 1 is 1.35 bits per heavy atom. The van der Waals surface area contributed by atoms with Gasteiger partial charge >= 0.3 is 6.09 Å². The molecule has 1 unspecified atom stereocenters. The minimum absolute atomic E-state index is 0.0877. The number of hydrogen-bond acceptors (Lipinski definition) is 5. The number of aliphatic hydroxyl groups excluding tert-OH is 1. The monoisotopic (exact) mass is 322 g/mol. The molecule has 128 valence electrons. The average Bonchev–Trinajstić information content (AvgIpc) is 2.74. The van der Waals surface area contributed by atoms with E-state index in [9.17, 15) is 9.90 Å². The van der Waals surface area contributed by atoms with Crippen molar-refractivity contribution in [3.05, 3.63) is 0 Å². The van der Waals surface area contributed by atoms with Crippen LogP contribution in [-0.4, -0.2) is 40.3 Å². The minimum Gasteiger partial charge on any atom is -0.444 e. The van der Waals surface area contributed by atoms with E-state index in [1.54, 1.807) is 0 Å². The summed E-state index contributed by atoms with van der Waals surface area (Å²) >= 11 is 0. The SMILES string of the molecule is CC(C)(C)OC(=O)NC12CC(C3=NOC(C4CC(O)C4)C3)(C1)C2. The molecular formula is C17H26N2O4. The Bertz CT molecular complexity index is 540. The summed E-state index contributed by atoms with van der Waals surface area (Å²) in [6.07, 6.45) is 5.08. The first kappa shape index (κ1) is 15.2. The molecule has 0 aromatic carbocycles. The normalized spacial score (nSPS) is 44.2. The number of oxime groups is 1. The van der Waals surface area contributed by atoms with Gasteiger partial charge in [0.15, 0.2) is 0 Å². The van der Waals surface area contributed by atoms with Crippen molar-refractivity contribution in [1.29, 1.82) is 0 Å². The number of nitrogens with one attached hydrogen (secondary N) is 1. The Labute approximate surface area is 136 Å². The molecule has 6 heteroatoms. The number of rotatable bonds is 3. The van der Waals surface area contributed by atoms with Gasteiger partial charge in [0.2, 0.25) is 0 Å². The van der Waals surface area contributed by atoms with Crippen LogP contribution in [0.1, 0.15) is 59.3 Å². The van der Waals surface area contributed by atoms with Gasteiger partial charge < -0.3 is 20.0 Å². The van der Waals surface area contributed by atoms with Crippen molar-refractivity contribution >= 4 is 11.8 Å². The first-order valence-corrected chi connectivity index (χ1v) is 8.61. The summed E-state index contributed by atoms with van der Waals surface area (Å²) in [4.78, 5) is 17.5. The predicted molar refractivity (Wildman–Crippen MR) is 84.0 cm³/mol. The fourth-order valence-corrected chi connectivity index (χ4v) is 4.64. The second-order valence-electron chi connectivity index (χ2n) is 8.99. The van der Waals surface area contributed by atoms with Crippen molar-refractivity contribution in [2.45, 2.75) is 82.6 Å². The van der Waals surface area contributed by atoms with E-state index in [1.807, 2.05) is 20.8 Å². The van der Waals surface area contributed by atoms with Crippen LogP contribution in [0.2, 0.25) is 0 Å². The standard InChI is InChI=1S/C17H26N2O4/c1-15(2,3)22-14(21)18-17-7-16(8-17,9-17)13-6-12(23-19-13)10-4-11(20)5-10/h10-12,20H,4-9H2,1-3H3,(H,18,21). The van der Waals surface area contributed by atoms with Gasteiger partial charge in [0.25, 0.3) is 0 Å². The first-order chi connectivity index (χ1) is 10.7. The Hall–Kier alpha value is -1.30. The number of nitrogens with zero attached hydrogens (tertiary/aromatic N) is 1. The summed E-state index contributed by atoms with van der Waals surface area (Å²) < 4.78 is 5.34. The second-order valence-corrected chi connectivity index (χ2v) is 8.99. The van der Waals surface area contributed by atoms with E-state index in [0.29, 0.717) is 5.92 Å². The molecule has 0 spiro atoms. The fourth-order valence-electron chi connectivity index (χ4n) is 4.64. The van der Waals surface area contributed by atoms with Gasteiger partial charge in [-0.1, -0.05) is 5.16 Å². The van der Waals surface area contributed by atoms with Gasteiger partial charge in [0.1, 0.15) is 11.7 Å². The number of amides is 1. The molecule has 1 heterocycles. The molecule has 0 saturated heterocycles. The van der Waals surface area contributed by atoms with Crippen LogP contribution < -0.4 is 5.32 Å². The largest absolute Gasteiger partial charge is 0.444 e. The van der Waals surface area contributed by atoms with Crippen molar-refractivity contribution in [1.82, 2.24) is 5.32 Å². The summed E-state index contributed by atoms with van der Waals surface area (Å²) in [6, 6.07) is 0. The maximum absolute atomic E-state index is 11.9. The minimum atomic E-state index is -0.463. The van der Waals surface area contributed by atoms with Crippen LogP contribution in [0.4, 0.5) is 4.79 Å². The van der Waals surface area contributed by atoms with Crippen LogP contribution in [0, 0.1) is 11.3 Å². The number of alkyl carbamates (subject to hydrolysis) is 1. The van der Waals surface area contributed by atoms with E-state index in [4.69, 9.17) is 9.57 Å². The Balaban J connectivity index is 1.26. The Morgan fingerprint density at radius 3 is 2.57 bits per heavy atom. The zero-order valence-corrected chi connectivity index (χ0v) is 14.1. The Morgan fingerprint density at radius 2 is 2.00 bits per heavy atom. The number of ether oxygens (including phenoxy) is 1. The molecule has 4 aliphatic carbocycles. The Kier molecular flexibility index (Phi) is 3.06. The number of hydrogen-bond donors (Lipinski definition) is 2. The maximum atomic E-state index is 11.9. The molecule has 0 radical (unpaired) electrons. The molecule has 6 nitrogen and oxygen atoms in total. The van der Waals surface area contributed by atoms with Crippen LogP contribution in [-0.2, 0) is 9.57 Å². The van der Waals surface area contributed by atoms with Crippen LogP contribution in [0.5, 0.6) is 0 Å². The molecule has 2 bridgehead atoms. The van der Waals surface area contributed by atoms with E-state index in [2.05, 4.69) is 10.5 Å². The average molecular weight is 322 g/mol. The van der Waals surface area contributed by atoms with Crippen LogP contribution >= 0.6 is 0 Å². The van der Waals surface area contributed by atoms with E-state index >= 15 is 0 Å². The fraction of sp³-hybridized carbons (Fsp3) is 0.882. The van der Waals surface area contributed by atoms with Gasteiger partial charge in [0, 0.05) is 23.3 Å². The van der Waals surface area contributed by atoms with Gasteiger partial charge in [-0.2, -0.15) is 0 Å². The molecule has 1 amide bonds. The lowest BCUT2D eigenvalue weighted by molar-refractivity contribution is -0.100. The smallest absolute Gasteiger partial charge is 0.408 e. The number of aliphatic hydroxyl groups is 1. The van der Waals surface area contributed by atoms with E-state index in [-0.39, 0.29) is 29.3 Å². The number of carbonyl (C=O) groups excluding carboxylic acids is 1. The maximum Gasteiger partial charge on any atom is 0.408 e. The van der Waals surface area contributed by atoms with E-state index in [0.717, 1.165) is 44.2 Å². The van der Waals surface area contributed by atoms with Crippen molar-refractivity contribution in [3.63, 3.8) is 0 Å². The van der Waals surface area contributed by atoms with Crippen molar-refractivity contribution in [3.8, 4) is 0 Å². The number of carbonyl (C=O) groups is 1. The van der Waals surface area contributed by atoms with Gasteiger partial charge in [-0.3, -0.25) is 0 Å². The second kappa shape index (κ2) is 4.62. The molecule has 4 saturated carbocycles. The van der Waals surface area contributed by atoms with Crippen LogP contribution in [0.15, 0.2) is 5.16 Å². The molecule has 0 aromatic rings. The zero-order valence-electron chi connectivity index (χ0n) is 14.1. The van der Waals surface area contributed by atoms with Crippen LogP contribution in [0.25, 0.3) is 0 Å². The predicted octanol–water partition coefficient (Wildman–Crippen LogP) is 2.35. The summed E-state index contributed by atoms with van der Waals surface area (Å²) in [7, 11) is 0. The third-order valence-corrected chi connectivity index (χ3v) is 5.78. The topological polar surface area (TPSA) is 80.2 Å². The van der Waals surface area contributed by atoms with Crippen molar-refractivity contribution in [2.75, 3.05) is 0 Å². The van der Waals surface area contributed by atoms with Gasteiger partial charge in [-0.05, 0) is 52.9 Å². The highest BCUT2D eigenvalue weighted by atomic mass is 16.6. The van der Waals surface area contributed by atoms with Gasteiger partial charge in [-0.15, -0.1) is 0 Å². The summed E-state index contributed by atoms with van der Waals surface area (Å²) in [5, 5.41) is 16.8. The van der Waals surface area contributed by atoms with E-state index in [1.165, 1.54) is 0 Å². The molecular weight excluding hydrogens is 296 g/mol. The lowest BCUT2D eigenvalue weighted by atomic mass is 9.37. The highest BCUT2D eigenvalue weighted by Crippen LogP contribution is 2.69. The highest BCUT2D eigenvalue weighted by molar-refractivity contribution is 5.95. The summed E-state index contributed by atoms with van der Waals surface area (Å²) in [5.74, 6) is 0.451. The summed E-state index contributed by atoms with van der Waals surface area (Å²) in [6.45, 7) is 5.62. The molecule has 2 N–H and O–H groups in total. The molecule has 1 atom stereocenters. The van der Waals surface area contributed by atoms with Gasteiger partial charge in [0.05, 0.1) is 11.8 Å². The molecule has 0 aromatic heterocycles. The van der Waals surface area contributed by atoms with Gasteiger partial charge in [-0.25, -0.2) is 4.79 Å². The molecule has 4 fully saturated rings. The van der Waals surface area contributed by atoms with Crippen molar-refractivity contribution in [2.24, 2.45) is 16.5 Å². The third kappa shape index (κ3) is 2.51. The highest BCUT2D eigenvalue weighted by Gasteiger charge is 2.71. The molecule has 23 heavy (non-hydrogen) atoms. The lowest BCUT2D eigenvalue weighted by Crippen LogP contribution is -2.77. The van der Waals surface area contributed by atoms with Crippen molar-refractivity contribution < 1.29 is 19.5 Å². The summed E-state index contributed by atoms with van der Waals surface area (Å²) in [5.41, 5.74) is 0.758. The molecule has 1 aliphatic heterocycles. The molecule has 5 rings (SSSR count). The lowest BCUT2D eigenvalue weighted by Gasteiger charge is -2.70. The third-order valence-electron chi connectivity index (χ3n) is 5.78. The quantitative estimate of drug-likeness (QED) is 0.836. The first-order valence-electron chi connectivity index (χ1n) is 8.61. The zero-order chi connectivity index (χ0) is 16.5. The molecule has 5 aliphatic rings. The van der Waals surface area contributed by atoms with Crippen LogP contribution in [0.3, 0.4) is 0 Å².